The van der Waals surface area contributed by atoms with Crippen molar-refractivity contribution < 1.29 is 9.53 Å². The summed E-state index contributed by atoms with van der Waals surface area (Å²) < 4.78 is 7.07. The van der Waals surface area contributed by atoms with Gasteiger partial charge in [-0.25, -0.2) is 4.79 Å². The number of nitrogens with zero attached hydrogens (tertiary/aromatic N) is 2. The molecule has 0 atom stereocenters. The number of aromatic nitrogens is 2. The SMILES string of the molecule is CCOCCCNC(=O)Nc1ccc(Cn2cccn2)cc1. The Hall–Kier alpha value is -2.34. The van der Waals surface area contributed by atoms with E-state index in [9.17, 15) is 4.79 Å². The van der Waals surface area contributed by atoms with Crippen LogP contribution in [0.3, 0.4) is 0 Å². The van der Waals surface area contributed by atoms with Gasteiger partial charge in [0, 0.05) is 37.8 Å². The number of carbonyl (C=O) groups excluding carboxylic acids is 1. The molecule has 0 aliphatic rings. The zero-order valence-electron chi connectivity index (χ0n) is 12.8. The zero-order valence-corrected chi connectivity index (χ0v) is 12.8. The Kier molecular flexibility index (Phi) is 6.44. The number of amides is 2. The molecule has 0 saturated heterocycles. The predicted molar refractivity (Wildman–Crippen MR) is 85.9 cm³/mol. The fourth-order valence-corrected chi connectivity index (χ4v) is 1.97. The summed E-state index contributed by atoms with van der Waals surface area (Å²) in [5.41, 5.74) is 1.90. The summed E-state index contributed by atoms with van der Waals surface area (Å²) in [7, 11) is 0. The van der Waals surface area contributed by atoms with Crippen molar-refractivity contribution >= 4 is 11.7 Å². The van der Waals surface area contributed by atoms with E-state index in [4.69, 9.17) is 4.74 Å². The molecule has 0 radical (unpaired) electrons. The minimum absolute atomic E-state index is 0.198. The lowest BCUT2D eigenvalue weighted by Crippen LogP contribution is -2.30. The van der Waals surface area contributed by atoms with Crippen molar-refractivity contribution in [2.75, 3.05) is 25.1 Å². The molecule has 0 aliphatic carbocycles. The molecule has 2 rings (SSSR count). The number of anilines is 1. The van der Waals surface area contributed by atoms with Gasteiger partial charge in [0.25, 0.3) is 0 Å². The highest BCUT2D eigenvalue weighted by Crippen LogP contribution is 2.10. The van der Waals surface area contributed by atoms with Crippen LogP contribution in [0.5, 0.6) is 0 Å². The summed E-state index contributed by atoms with van der Waals surface area (Å²) in [5.74, 6) is 0. The molecule has 1 aromatic heterocycles. The Balaban J connectivity index is 1.72. The molecule has 2 N–H and O–H groups in total. The normalized spacial score (nSPS) is 10.4. The largest absolute Gasteiger partial charge is 0.382 e. The van der Waals surface area contributed by atoms with Gasteiger partial charge in [-0.2, -0.15) is 5.10 Å². The lowest BCUT2D eigenvalue weighted by Gasteiger charge is -2.08. The summed E-state index contributed by atoms with van der Waals surface area (Å²) in [6.45, 7) is 4.65. The molecule has 2 aromatic rings. The number of ether oxygens (including phenoxy) is 1. The van der Waals surface area contributed by atoms with Gasteiger partial charge in [0.15, 0.2) is 0 Å². The lowest BCUT2D eigenvalue weighted by molar-refractivity contribution is 0.145. The number of benzene rings is 1. The molecule has 0 saturated carbocycles. The first-order chi connectivity index (χ1) is 10.8. The number of urea groups is 1. The molecule has 0 bridgehead atoms. The third kappa shape index (κ3) is 5.57. The zero-order chi connectivity index (χ0) is 15.6. The van der Waals surface area contributed by atoms with Crippen LogP contribution in [0.15, 0.2) is 42.7 Å². The molecule has 0 fully saturated rings. The highest BCUT2D eigenvalue weighted by molar-refractivity contribution is 5.89. The molecule has 6 heteroatoms. The number of rotatable bonds is 8. The maximum atomic E-state index is 11.7. The van der Waals surface area contributed by atoms with E-state index < -0.39 is 0 Å². The van der Waals surface area contributed by atoms with E-state index >= 15 is 0 Å². The maximum absolute atomic E-state index is 11.7. The molecule has 1 heterocycles. The smallest absolute Gasteiger partial charge is 0.319 e. The van der Waals surface area contributed by atoms with Gasteiger partial charge in [0.2, 0.25) is 0 Å². The number of hydrogen-bond donors (Lipinski definition) is 2. The van der Waals surface area contributed by atoms with Crippen molar-refractivity contribution in [3.8, 4) is 0 Å². The average Bonchev–Trinajstić information content (AvgIpc) is 3.02. The monoisotopic (exact) mass is 302 g/mol. The molecule has 0 unspecified atom stereocenters. The summed E-state index contributed by atoms with van der Waals surface area (Å²) in [6, 6.07) is 9.43. The van der Waals surface area contributed by atoms with Gasteiger partial charge in [-0.3, -0.25) is 4.68 Å². The molecule has 0 aliphatic heterocycles. The van der Waals surface area contributed by atoms with Gasteiger partial charge in [-0.05, 0) is 37.1 Å². The van der Waals surface area contributed by atoms with Crippen LogP contribution in [0.1, 0.15) is 18.9 Å². The second kappa shape index (κ2) is 8.84. The Morgan fingerprint density at radius 1 is 1.32 bits per heavy atom. The molecule has 0 spiro atoms. The van der Waals surface area contributed by atoms with E-state index in [1.54, 1.807) is 6.20 Å². The average molecular weight is 302 g/mol. The minimum Gasteiger partial charge on any atom is -0.382 e. The van der Waals surface area contributed by atoms with Crippen LogP contribution in [0.4, 0.5) is 10.5 Å². The standard InChI is InChI=1S/C16H22N4O2/c1-2-22-12-4-9-17-16(21)19-15-7-5-14(6-8-15)13-20-11-3-10-18-20/h3,5-8,10-11H,2,4,9,12-13H2,1H3,(H2,17,19,21). The van der Waals surface area contributed by atoms with Crippen LogP contribution in [0.2, 0.25) is 0 Å². The minimum atomic E-state index is -0.198. The van der Waals surface area contributed by atoms with E-state index in [-0.39, 0.29) is 6.03 Å². The Morgan fingerprint density at radius 2 is 2.14 bits per heavy atom. The Bertz CT molecular complexity index is 552. The van der Waals surface area contributed by atoms with Gasteiger partial charge < -0.3 is 15.4 Å². The first-order valence-corrected chi connectivity index (χ1v) is 7.47. The van der Waals surface area contributed by atoms with Crippen LogP contribution in [0.25, 0.3) is 0 Å². The van der Waals surface area contributed by atoms with Gasteiger partial charge in [0.05, 0.1) is 6.54 Å². The van der Waals surface area contributed by atoms with E-state index in [1.807, 2.05) is 48.1 Å². The van der Waals surface area contributed by atoms with Gasteiger partial charge in [-0.1, -0.05) is 12.1 Å². The lowest BCUT2D eigenvalue weighted by atomic mass is 10.2. The molecule has 1 aromatic carbocycles. The first-order valence-electron chi connectivity index (χ1n) is 7.47. The van der Waals surface area contributed by atoms with Crippen molar-refractivity contribution in [1.29, 1.82) is 0 Å². The molecular formula is C16H22N4O2. The van der Waals surface area contributed by atoms with Crippen LogP contribution >= 0.6 is 0 Å². The van der Waals surface area contributed by atoms with Crippen LogP contribution in [-0.2, 0) is 11.3 Å². The summed E-state index contributed by atoms with van der Waals surface area (Å²) >= 11 is 0. The highest BCUT2D eigenvalue weighted by Gasteiger charge is 2.01. The quantitative estimate of drug-likeness (QED) is 0.736. The van der Waals surface area contributed by atoms with Gasteiger partial charge in [-0.15, -0.1) is 0 Å². The van der Waals surface area contributed by atoms with Crippen molar-refractivity contribution in [1.82, 2.24) is 15.1 Å². The second-order valence-electron chi connectivity index (χ2n) is 4.83. The number of carbonyl (C=O) groups is 1. The Morgan fingerprint density at radius 3 is 2.82 bits per heavy atom. The fraction of sp³-hybridized carbons (Fsp3) is 0.375. The maximum Gasteiger partial charge on any atom is 0.319 e. The van der Waals surface area contributed by atoms with Crippen LogP contribution in [0, 0.1) is 0 Å². The van der Waals surface area contributed by atoms with E-state index in [1.165, 1.54) is 0 Å². The summed E-state index contributed by atoms with van der Waals surface area (Å²) in [6.07, 6.45) is 4.48. The first kappa shape index (κ1) is 16.0. The topological polar surface area (TPSA) is 68.2 Å². The van der Waals surface area contributed by atoms with Crippen molar-refractivity contribution in [2.45, 2.75) is 19.9 Å². The van der Waals surface area contributed by atoms with E-state index in [2.05, 4.69) is 15.7 Å². The summed E-state index contributed by atoms with van der Waals surface area (Å²) in [4.78, 5) is 11.7. The fourth-order valence-electron chi connectivity index (χ4n) is 1.97. The number of hydrogen-bond acceptors (Lipinski definition) is 3. The molecule has 6 nitrogen and oxygen atoms in total. The predicted octanol–water partition coefficient (Wildman–Crippen LogP) is 2.48. The molecule has 2 amide bonds. The third-order valence-corrected chi connectivity index (χ3v) is 3.07. The van der Waals surface area contributed by atoms with E-state index in [0.717, 1.165) is 24.2 Å². The van der Waals surface area contributed by atoms with Crippen LogP contribution < -0.4 is 10.6 Å². The third-order valence-electron chi connectivity index (χ3n) is 3.07. The molecular weight excluding hydrogens is 280 g/mol. The van der Waals surface area contributed by atoms with Crippen molar-refractivity contribution in [3.05, 3.63) is 48.3 Å². The Labute approximate surface area is 130 Å². The van der Waals surface area contributed by atoms with Gasteiger partial charge >= 0.3 is 6.03 Å². The van der Waals surface area contributed by atoms with E-state index in [0.29, 0.717) is 19.8 Å². The molecule has 22 heavy (non-hydrogen) atoms. The number of nitrogens with one attached hydrogen (secondary N) is 2. The summed E-state index contributed by atoms with van der Waals surface area (Å²) in [5, 5.41) is 9.77. The van der Waals surface area contributed by atoms with Crippen molar-refractivity contribution in [3.63, 3.8) is 0 Å². The second-order valence-corrected chi connectivity index (χ2v) is 4.83. The van der Waals surface area contributed by atoms with Crippen molar-refractivity contribution in [2.24, 2.45) is 0 Å². The van der Waals surface area contributed by atoms with Gasteiger partial charge in [0.1, 0.15) is 0 Å². The molecule has 118 valence electrons. The van der Waals surface area contributed by atoms with Crippen LogP contribution in [-0.4, -0.2) is 35.6 Å². The highest BCUT2D eigenvalue weighted by atomic mass is 16.5.